The van der Waals surface area contributed by atoms with Crippen molar-refractivity contribution in [3.05, 3.63) is 40.3 Å². The van der Waals surface area contributed by atoms with E-state index in [1.54, 1.807) is 13.1 Å². The molecule has 0 unspecified atom stereocenters. The van der Waals surface area contributed by atoms with Gasteiger partial charge in [-0.1, -0.05) is 0 Å². The third-order valence-corrected chi connectivity index (χ3v) is 6.00. The van der Waals surface area contributed by atoms with Crippen molar-refractivity contribution in [3.63, 3.8) is 0 Å². The van der Waals surface area contributed by atoms with E-state index in [0.29, 0.717) is 21.9 Å². The lowest BCUT2D eigenvalue weighted by Gasteiger charge is -2.09. The molecule has 0 amide bonds. The van der Waals surface area contributed by atoms with E-state index in [0.717, 1.165) is 0 Å². The Morgan fingerprint density at radius 3 is 2.70 bits per heavy atom. The number of aryl methyl sites for hydroxylation is 1. The van der Waals surface area contributed by atoms with Gasteiger partial charge < -0.3 is 19.8 Å². The summed E-state index contributed by atoms with van der Waals surface area (Å²) in [6.45, 7) is 1.76. The first kappa shape index (κ1) is 21.5. The van der Waals surface area contributed by atoms with Gasteiger partial charge in [-0.15, -0.1) is 0 Å². The Hall–Kier alpha value is -3.18. The van der Waals surface area contributed by atoms with E-state index in [1.807, 2.05) is 0 Å². The second-order valence-corrected chi connectivity index (χ2v) is 8.34. The minimum Gasteiger partial charge on any atom is -0.481 e. The average Bonchev–Trinajstić information content (AvgIpc) is 3.11. The van der Waals surface area contributed by atoms with Crippen LogP contribution in [0.25, 0.3) is 21.8 Å². The van der Waals surface area contributed by atoms with Crippen molar-refractivity contribution in [2.24, 2.45) is 0 Å². The number of pyridine rings is 1. The highest BCUT2D eigenvalue weighted by Crippen LogP contribution is 2.27. The van der Waals surface area contributed by atoms with Gasteiger partial charge in [0.25, 0.3) is 5.56 Å². The number of rotatable bonds is 9. The highest BCUT2D eigenvalue weighted by Gasteiger charge is 2.18. The molecule has 11 heteroatoms. The maximum absolute atomic E-state index is 12.6. The molecule has 4 N–H and O–H groups in total. The van der Waals surface area contributed by atoms with Crippen molar-refractivity contribution in [3.8, 4) is 0 Å². The number of aliphatic carboxylic acids is 1. The molecule has 30 heavy (non-hydrogen) atoms. The molecule has 0 fully saturated rings. The third kappa shape index (κ3) is 4.52. The molecule has 10 nitrogen and oxygen atoms in total. The van der Waals surface area contributed by atoms with Gasteiger partial charge in [-0.2, -0.15) is 0 Å². The fourth-order valence-electron chi connectivity index (χ4n) is 3.18. The molecule has 0 saturated carbocycles. The quantitative estimate of drug-likeness (QED) is 0.368. The Morgan fingerprint density at radius 2 is 2.00 bits per heavy atom. The predicted molar refractivity (Wildman–Crippen MR) is 109 cm³/mol. The minimum absolute atomic E-state index is 0.0439. The third-order valence-electron chi connectivity index (χ3n) is 4.54. The van der Waals surface area contributed by atoms with Crippen LogP contribution in [0.3, 0.4) is 0 Å². The van der Waals surface area contributed by atoms with E-state index in [-0.39, 0.29) is 48.4 Å². The largest absolute Gasteiger partial charge is 0.481 e. The van der Waals surface area contributed by atoms with Gasteiger partial charge in [0.1, 0.15) is 5.52 Å². The molecule has 0 aliphatic carbocycles. The zero-order valence-electron chi connectivity index (χ0n) is 16.1. The summed E-state index contributed by atoms with van der Waals surface area (Å²) in [5.74, 6) is -1.49. The summed E-state index contributed by atoms with van der Waals surface area (Å²) < 4.78 is 32.4. The number of hydrogen-bond donors (Lipinski definition) is 4. The number of carboxylic acids is 1. The maximum atomic E-state index is 12.6. The van der Waals surface area contributed by atoms with Gasteiger partial charge in [0.2, 0.25) is 10.0 Å². The first-order valence-corrected chi connectivity index (χ1v) is 10.7. The first-order chi connectivity index (χ1) is 14.2. The minimum atomic E-state index is -3.92. The molecule has 2 heterocycles. The smallest absolute Gasteiger partial charge is 0.307 e. The lowest BCUT2D eigenvalue weighted by molar-refractivity contribution is -0.143. The van der Waals surface area contributed by atoms with Crippen LogP contribution >= 0.6 is 0 Å². The molecular weight excluding hydrogens is 414 g/mol. The molecule has 1 aromatic carbocycles. The van der Waals surface area contributed by atoms with Gasteiger partial charge in [0.05, 0.1) is 17.9 Å². The van der Waals surface area contributed by atoms with Gasteiger partial charge in [0.15, 0.2) is 0 Å². The zero-order chi connectivity index (χ0) is 21.9. The van der Waals surface area contributed by atoms with Crippen LogP contribution < -0.4 is 10.3 Å². The number of fused-ring (bicyclic) bond motifs is 3. The second-order valence-electron chi connectivity index (χ2n) is 6.57. The van der Waals surface area contributed by atoms with Crippen LogP contribution in [0.4, 0.5) is 0 Å². The number of aromatic nitrogens is 2. The van der Waals surface area contributed by atoms with E-state index in [2.05, 4.69) is 14.7 Å². The Bertz CT molecular complexity index is 1270. The number of benzene rings is 1. The second kappa shape index (κ2) is 8.67. The Labute approximate surface area is 171 Å². The van der Waals surface area contributed by atoms with E-state index in [1.165, 1.54) is 18.2 Å². The summed E-state index contributed by atoms with van der Waals surface area (Å²) in [7, 11) is -3.92. The van der Waals surface area contributed by atoms with Crippen molar-refractivity contribution in [2.45, 2.75) is 31.1 Å². The summed E-state index contributed by atoms with van der Waals surface area (Å²) in [6, 6.07) is 4.24. The van der Waals surface area contributed by atoms with Crippen molar-refractivity contribution < 1.29 is 27.9 Å². The number of esters is 1. The number of carboxylic acid groups (broad SMARTS) is 1. The molecule has 160 valence electrons. The summed E-state index contributed by atoms with van der Waals surface area (Å²) in [5.41, 5.74) is 0.886. The van der Waals surface area contributed by atoms with Crippen molar-refractivity contribution in [1.29, 1.82) is 0 Å². The summed E-state index contributed by atoms with van der Waals surface area (Å²) >= 11 is 0. The summed E-state index contributed by atoms with van der Waals surface area (Å²) in [6.07, 6.45) is 1.51. The number of aromatic amines is 2. The number of H-pyrrole nitrogens is 2. The first-order valence-electron chi connectivity index (χ1n) is 9.26. The molecule has 2 aromatic heterocycles. The molecule has 0 bridgehead atoms. The molecule has 0 radical (unpaired) electrons. The van der Waals surface area contributed by atoms with Crippen LogP contribution in [0.15, 0.2) is 34.1 Å². The zero-order valence-corrected chi connectivity index (χ0v) is 17.0. The molecule has 3 aromatic rings. The van der Waals surface area contributed by atoms with Gasteiger partial charge in [-0.05, 0) is 37.1 Å². The Balaban J connectivity index is 1.99. The number of carbonyl (C=O) groups is 2. The Morgan fingerprint density at radius 1 is 1.23 bits per heavy atom. The van der Waals surface area contributed by atoms with E-state index in [4.69, 9.17) is 9.84 Å². The van der Waals surface area contributed by atoms with Crippen molar-refractivity contribution in [2.75, 3.05) is 13.2 Å². The van der Waals surface area contributed by atoms with Gasteiger partial charge in [-0.25, -0.2) is 13.1 Å². The van der Waals surface area contributed by atoms with E-state index >= 15 is 0 Å². The van der Waals surface area contributed by atoms with Crippen molar-refractivity contribution in [1.82, 2.24) is 14.7 Å². The number of nitrogens with one attached hydrogen (secondary N) is 3. The molecule has 0 atom stereocenters. The number of sulfonamides is 1. The van der Waals surface area contributed by atoms with Crippen LogP contribution in [0.1, 0.15) is 25.3 Å². The van der Waals surface area contributed by atoms with Gasteiger partial charge in [0, 0.05) is 35.5 Å². The SMILES string of the molecule is CCOC(=O)CCNS(=O)(=O)c1ccc2[nH]c(=O)c3[nH]cc(CCC(=O)O)c3c2c1. The molecule has 0 spiro atoms. The highest BCUT2D eigenvalue weighted by atomic mass is 32.2. The highest BCUT2D eigenvalue weighted by molar-refractivity contribution is 7.89. The summed E-state index contributed by atoms with van der Waals surface area (Å²) in [5, 5.41) is 9.92. The average molecular weight is 435 g/mol. The van der Waals surface area contributed by atoms with Gasteiger partial charge >= 0.3 is 11.9 Å². The standard InChI is InChI=1S/C19H21N3O7S/c1-2-29-16(25)7-8-21-30(27,28)12-4-5-14-13(9-12)17-11(3-6-15(23)24)10-20-18(17)19(26)22-14/h4-5,9-10,20-21H,2-3,6-8H2,1H3,(H,22,26)(H,23,24). The van der Waals surface area contributed by atoms with Crippen LogP contribution in [0, 0.1) is 0 Å². The molecule has 0 aliphatic rings. The number of hydrogen-bond acceptors (Lipinski definition) is 6. The normalized spacial score (nSPS) is 11.8. The van der Waals surface area contributed by atoms with Crippen LogP contribution in [0.2, 0.25) is 0 Å². The van der Waals surface area contributed by atoms with E-state index in [9.17, 15) is 22.8 Å². The number of carbonyl (C=O) groups excluding carboxylic acids is 1. The van der Waals surface area contributed by atoms with Crippen LogP contribution in [-0.2, 0) is 30.8 Å². The lowest BCUT2D eigenvalue weighted by atomic mass is 10.0. The predicted octanol–water partition coefficient (Wildman–Crippen LogP) is 1.26. The van der Waals surface area contributed by atoms with Crippen LogP contribution in [-0.4, -0.2) is 48.6 Å². The fraction of sp³-hybridized carbons (Fsp3) is 0.316. The Kier molecular flexibility index (Phi) is 6.22. The summed E-state index contributed by atoms with van der Waals surface area (Å²) in [4.78, 5) is 40.1. The molecule has 3 rings (SSSR count). The molecular formula is C19H21N3O7S. The van der Waals surface area contributed by atoms with E-state index < -0.39 is 22.0 Å². The maximum Gasteiger partial charge on any atom is 0.307 e. The van der Waals surface area contributed by atoms with Crippen molar-refractivity contribution >= 4 is 43.8 Å². The van der Waals surface area contributed by atoms with Crippen LogP contribution in [0.5, 0.6) is 0 Å². The fourth-order valence-corrected chi connectivity index (χ4v) is 4.24. The monoisotopic (exact) mass is 435 g/mol. The number of ether oxygens (including phenoxy) is 1. The molecule has 0 saturated heterocycles. The topological polar surface area (TPSA) is 158 Å². The van der Waals surface area contributed by atoms with Gasteiger partial charge in [-0.3, -0.25) is 14.4 Å². The lowest BCUT2D eigenvalue weighted by Crippen LogP contribution is -2.26. The molecule has 0 aliphatic heterocycles.